The highest BCUT2D eigenvalue weighted by Crippen LogP contribution is 2.27. The van der Waals surface area contributed by atoms with Gasteiger partial charge in [0, 0.05) is 10.0 Å². The molecule has 0 unspecified atom stereocenters. The second-order valence-corrected chi connectivity index (χ2v) is 4.74. The van der Waals surface area contributed by atoms with Crippen LogP contribution < -0.4 is 4.74 Å². The molecule has 0 bridgehead atoms. The molecular weight excluding hydrogens is 315 g/mol. The number of halogens is 2. The fourth-order valence-electron chi connectivity index (χ4n) is 1.59. The Hall–Kier alpha value is -1.88. The molecule has 1 N–H and O–H groups in total. The van der Waals surface area contributed by atoms with Crippen LogP contribution in [0.15, 0.2) is 53.0 Å². The van der Waals surface area contributed by atoms with Crippen molar-refractivity contribution in [3.63, 3.8) is 0 Å². The molecule has 19 heavy (non-hydrogen) atoms. The number of hydrogen-bond donors (Lipinski definition) is 1. The molecule has 98 valence electrons. The van der Waals surface area contributed by atoms with E-state index in [2.05, 4.69) is 15.9 Å². The maximum Gasteiger partial charge on any atom is 0.349 e. The minimum atomic E-state index is -1.24. The summed E-state index contributed by atoms with van der Waals surface area (Å²) in [6, 6.07) is 12.6. The van der Waals surface area contributed by atoms with Gasteiger partial charge < -0.3 is 9.84 Å². The van der Waals surface area contributed by atoms with Gasteiger partial charge in [-0.2, -0.15) is 0 Å². The van der Waals surface area contributed by atoms with Crippen LogP contribution in [0.1, 0.15) is 11.7 Å². The van der Waals surface area contributed by atoms with Crippen LogP contribution in [0.5, 0.6) is 5.75 Å². The Balaban J connectivity index is 2.29. The molecule has 0 radical (unpaired) electrons. The number of carboxylic acid groups (broad SMARTS) is 1. The van der Waals surface area contributed by atoms with E-state index in [9.17, 15) is 14.3 Å². The fourth-order valence-corrected chi connectivity index (χ4v) is 1.92. The van der Waals surface area contributed by atoms with Crippen molar-refractivity contribution >= 4 is 21.9 Å². The van der Waals surface area contributed by atoms with Crippen molar-refractivity contribution in [3.8, 4) is 5.75 Å². The van der Waals surface area contributed by atoms with Crippen molar-refractivity contribution in [1.29, 1.82) is 0 Å². The third-order valence-electron chi connectivity index (χ3n) is 2.47. The third kappa shape index (κ3) is 3.32. The summed E-state index contributed by atoms with van der Waals surface area (Å²) in [4.78, 5) is 11.2. The second-order valence-electron chi connectivity index (χ2n) is 3.82. The van der Waals surface area contributed by atoms with E-state index in [0.29, 0.717) is 10.0 Å². The summed E-state index contributed by atoms with van der Waals surface area (Å²) in [6.45, 7) is 0. The molecule has 1 atom stereocenters. The third-order valence-corrected chi connectivity index (χ3v) is 2.96. The van der Waals surface area contributed by atoms with Gasteiger partial charge in [-0.25, -0.2) is 9.18 Å². The first-order valence-corrected chi connectivity index (χ1v) is 6.26. The van der Waals surface area contributed by atoms with Gasteiger partial charge in [0.25, 0.3) is 0 Å². The molecule has 0 amide bonds. The lowest BCUT2D eigenvalue weighted by molar-refractivity contribution is -0.145. The van der Waals surface area contributed by atoms with Crippen molar-refractivity contribution in [2.24, 2.45) is 0 Å². The topological polar surface area (TPSA) is 46.5 Å². The average molecular weight is 325 g/mol. The van der Waals surface area contributed by atoms with Gasteiger partial charge in [0.2, 0.25) is 6.10 Å². The first-order chi connectivity index (χ1) is 9.08. The summed E-state index contributed by atoms with van der Waals surface area (Å²) in [5.74, 6) is -1.88. The van der Waals surface area contributed by atoms with E-state index in [-0.39, 0.29) is 5.75 Å². The number of carbonyl (C=O) groups is 1. The predicted molar refractivity (Wildman–Crippen MR) is 71.5 cm³/mol. The van der Waals surface area contributed by atoms with Crippen molar-refractivity contribution in [1.82, 2.24) is 0 Å². The van der Waals surface area contributed by atoms with Crippen LogP contribution in [0.25, 0.3) is 0 Å². The van der Waals surface area contributed by atoms with Gasteiger partial charge in [-0.1, -0.05) is 46.3 Å². The summed E-state index contributed by atoms with van der Waals surface area (Å²) < 4.78 is 19.5. The van der Waals surface area contributed by atoms with Crippen LogP contribution in [0.3, 0.4) is 0 Å². The number of rotatable bonds is 4. The number of carboxylic acids is 1. The standard InChI is InChI=1S/C14H10BrFO3/c15-10-6-7-12(11(16)8-10)19-13(14(17)18)9-4-2-1-3-5-9/h1-8,13H,(H,17,18)/t13-/m0/s1. The zero-order valence-electron chi connectivity index (χ0n) is 9.72. The van der Waals surface area contributed by atoms with E-state index >= 15 is 0 Å². The molecule has 0 fully saturated rings. The van der Waals surface area contributed by atoms with E-state index in [1.165, 1.54) is 12.1 Å². The first kappa shape index (κ1) is 13.5. The molecule has 3 nitrogen and oxygen atoms in total. The average Bonchev–Trinajstić information content (AvgIpc) is 2.38. The normalized spacial score (nSPS) is 11.9. The van der Waals surface area contributed by atoms with Gasteiger partial charge in [0.15, 0.2) is 11.6 Å². The van der Waals surface area contributed by atoms with Crippen LogP contribution in [0, 0.1) is 5.82 Å². The Morgan fingerprint density at radius 1 is 1.21 bits per heavy atom. The van der Waals surface area contributed by atoms with Gasteiger partial charge in [-0.05, 0) is 18.2 Å². The Kier molecular flexibility index (Phi) is 4.16. The molecule has 0 saturated heterocycles. The quantitative estimate of drug-likeness (QED) is 0.930. The predicted octanol–water partition coefficient (Wildman–Crippen LogP) is 3.79. The molecule has 5 heteroatoms. The zero-order valence-corrected chi connectivity index (χ0v) is 11.3. The molecule has 0 aliphatic carbocycles. The zero-order chi connectivity index (χ0) is 13.8. The van der Waals surface area contributed by atoms with Crippen LogP contribution in [-0.4, -0.2) is 11.1 Å². The van der Waals surface area contributed by atoms with Gasteiger partial charge >= 0.3 is 5.97 Å². The van der Waals surface area contributed by atoms with E-state index in [4.69, 9.17) is 4.74 Å². The summed E-state index contributed by atoms with van der Waals surface area (Å²) in [7, 11) is 0. The number of benzene rings is 2. The van der Waals surface area contributed by atoms with E-state index < -0.39 is 17.9 Å². The van der Waals surface area contributed by atoms with Gasteiger partial charge in [-0.15, -0.1) is 0 Å². The molecule has 2 aromatic rings. The highest BCUT2D eigenvalue weighted by atomic mass is 79.9. The van der Waals surface area contributed by atoms with Crippen molar-refractivity contribution in [3.05, 3.63) is 64.4 Å². The monoisotopic (exact) mass is 324 g/mol. The fraction of sp³-hybridized carbons (Fsp3) is 0.0714. The second kappa shape index (κ2) is 5.84. The molecule has 0 heterocycles. The minimum absolute atomic E-state index is 0.0977. The van der Waals surface area contributed by atoms with Gasteiger partial charge in [-0.3, -0.25) is 0 Å². The molecule has 2 rings (SSSR count). The maximum atomic E-state index is 13.6. The van der Waals surface area contributed by atoms with Crippen molar-refractivity contribution < 1.29 is 19.0 Å². The minimum Gasteiger partial charge on any atom is -0.478 e. The smallest absolute Gasteiger partial charge is 0.349 e. The van der Waals surface area contributed by atoms with Crippen molar-refractivity contribution in [2.75, 3.05) is 0 Å². The number of ether oxygens (including phenoxy) is 1. The van der Waals surface area contributed by atoms with E-state index in [0.717, 1.165) is 0 Å². The lowest BCUT2D eigenvalue weighted by Gasteiger charge is -2.16. The van der Waals surface area contributed by atoms with Gasteiger partial charge in [0.05, 0.1) is 0 Å². The summed E-state index contributed by atoms with van der Waals surface area (Å²) in [5.41, 5.74) is 0.456. The first-order valence-electron chi connectivity index (χ1n) is 5.47. The molecule has 2 aromatic carbocycles. The highest BCUT2D eigenvalue weighted by Gasteiger charge is 2.22. The Morgan fingerprint density at radius 3 is 2.47 bits per heavy atom. The summed E-state index contributed by atoms with van der Waals surface area (Å²) >= 11 is 3.12. The summed E-state index contributed by atoms with van der Waals surface area (Å²) in [6.07, 6.45) is -1.24. The van der Waals surface area contributed by atoms with Crippen LogP contribution in [-0.2, 0) is 4.79 Å². The molecule has 0 spiro atoms. The van der Waals surface area contributed by atoms with Crippen LogP contribution in [0.2, 0.25) is 0 Å². The van der Waals surface area contributed by atoms with Crippen LogP contribution >= 0.6 is 15.9 Å². The molecule has 0 aliphatic rings. The van der Waals surface area contributed by atoms with E-state index in [1.54, 1.807) is 36.4 Å². The number of aliphatic carboxylic acids is 1. The maximum absolute atomic E-state index is 13.6. The highest BCUT2D eigenvalue weighted by molar-refractivity contribution is 9.10. The van der Waals surface area contributed by atoms with Gasteiger partial charge in [0.1, 0.15) is 0 Å². The Bertz CT molecular complexity index is 586. The largest absolute Gasteiger partial charge is 0.478 e. The Labute approximate surface area is 117 Å². The lowest BCUT2D eigenvalue weighted by atomic mass is 10.1. The van der Waals surface area contributed by atoms with Crippen LogP contribution in [0.4, 0.5) is 4.39 Å². The molecular formula is C14H10BrFO3. The van der Waals surface area contributed by atoms with Crippen molar-refractivity contribution in [2.45, 2.75) is 6.10 Å². The Morgan fingerprint density at radius 2 is 1.89 bits per heavy atom. The molecule has 0 aromatic heterocycles. The SMILES string of the molecule is O=C(O)[C@@H](Oc1ccc(Br)cc1F)c1ccccc1. The molecule has 0 aliphatic heterocycles. The van der Waals surface area contributed by atoms with E-state index in [1.807, 2.05) is 0 Å². The summed E-state index contributed by atoms with van der Waals surface area (Å²) in [5, 5.41) is 9.18. The molecule has 0 saturated carbocycles. The number of hydrogen-bond acceptors (Lipinski definition) is 2. The lowest BCUT2D eigenvalue weighted by Crippen LogP contribution is -2.18.